The predicted octanol–water partition coefficient (Wildman–Crippen LogP) is 6.07. The summed E-state index contributed by atoms with van der Waals surface area (Å²) in [5, 5.41) is 0. The summed E-state index contributed by atoms with van der Waals surface area (Å²) in [6, 6.07) is 20.9. The standard InChI is InChI=1S/C28H34N2/c1-2-6-23(7-3-1)30-27-9-5-4-8-24(27)26-18-29(11-10-28(26)30)17-25-21-13-19-12-20(15-21)16-22(25)14-19/h1-9,19-22,25-26,28H,10-18H2. The third kappa shape index (κ3) is 2.72. The molecule has 2 unspecified atom stereocenters. The van der Waals surface area contributed by atoms with Crippen molar-refractivity contribution < 1.29 is 0 Å². The Balaban J connectivity index is 1.14. The van der Waals surface area contributed by atoms with Crippen LogP contribution in [0.2, 0.25) is 0 Å². The molecule has 2 aromatic carbocycles. The maximum Gasteiger partial charge on any atom is 0.0450 e. The molecule has 156 valence electrons. The molecular weight excluding hydrogens is 364 g/mol. The number of benzene rings is 2. The number of fused-ring (bicyclic) bond motifs is 3. The molecule has 2 aromatic rings. The number of para-hydroxylation sites is 2. The highest BCUT2D eigenvalue weighted by atomic mass is 15.2. The first-order valence-corrected chi connectivity index (χ1v) is 12.5. The van der Waals surface area contributed by atoms with Gasteiger partial charge >= 0.3 is 0 Å². The molecule has 4 aliphatic carbocycles. The van der Waals surface area contributed by atoms with Crippen LogP contribution in [0.4, 0.5) is 11.4 Å². The van der Waals surface area contributed by atoms with E-state index in [2.05, 4.69) is 64.4 Å². The van der Waals surface area contributed by atoms with Gasteiger partial charge in [-0.05, 0) is 91.9 Å². The summed E-state index contributed by atoms with van der Waals surface area (Å²) in [5.41, 5.74) is 4.41. The van der Waals surface area contributed by atoms with Gasteiger partial charge in [-0.15, -0.1) is 0 Å². The molecule has 1 saturated heterocycles. The second kappa shape index (κ2) is 6.85. The largest absolute Gasteiger partial charge is 0.337 e. The highest BCUT2D eigenvalue weighted by Crippen LogP contribution is 2.57. The first kappa shape index (κ1) is 17.8. The van der Waals surface area contributed by atoms with Gasteiger partial charge in [0.2, 0.25) is 0 Å². The summed E-state index contributed by atoms with van der Waals surface area (Å²) in [7, 11) is 0. The smallest absolute Gasteiger partial charge is 0.0450 e. The van der Waals surface area contributed by atoms with Gasteiger partial charge in [0, 0.05) is 43.0 Å². The number of rotatable bonds is 3. The first-order chi connectivity index (χ1) is 14.8. The van der Waals surface area contributed by atoms with E-state index in [1.165, 1.54) is 37.4 Å². The molecular formula is C28H34N2. The molecule has 4 bridgehead atoms. The van der Waals surface area contributed by atoms with Crippen molar-refractivity contribution in [1.82, 2.24) is 4.90 Å². The van der Waals surface area contributed by atoms with Crippen LogP contribution in [0.3, 0.4) is 0 Å². The van der Waals surface area contributed by atoms with E-state index in [-0.39, 0.29) is 0 Å². The number of likely N-dealkylation sites (tertiary alicyclic amines) is 1. The van der Waals surface area contributed by atoms with E-state index in [0.717, 1.165) is 29.6 Å². The fraction of sp³-hybridized carbons (Fsp3) is 0.571. The summed E-state index contributed by atoms with van der Waals surface area (Å²) in [6.07, 6.45) is 9.09. The van der Waals surface area contributed by atoms with Crippen LogP contribution < -0.4 is 4.90 Å². The Hall–Kier alpha value is -1.80. The van der Waals surface area contributed by atoms with Crippen molar-refractivity contribution in [3.8, 4) is 0 Å². The highest BCUT2D eigenvalue weighted by molar-refractivity contribution is 5.72. The third-order valence-corrected chi connectivity index (χ3v) is 9.51. The maximum absolute atomic E-state index is 2.87. The zero-order valence-electron chi connectivity index (χ0n) is 18.0. The van der Waals surface area contributed by atoms with Crippen LogP contribution in [-0.2, 0) is 0 Å². The zero-order chi connectivity index (χ0) is 19.7. The number of nitrogens with zero attached hydrogens (tertiary/aromatic N) is 2. The highest BCUT2D eigenvalue weighted by Gasteiger charge is 2.49. The molecule has 2 atom stereocenters. The Morgan fingerprint density at radius 3 is 2.23 bits per heavy atom. The fourth-order valence-corrected chi connectivity index (χ4v) is 8.54. The quantitative estimate of drug-likeness (QED) is 0.619. The molecule has 5 fully saturated rings. The van der Waals surface area contributed by atoms with Crippen LogP contribution in [0.1, 0.15) is 50.0 Å². The number of piperidine rings is 1. The monoisotopic (exact) mass is 398 g/mol. The van der Waals surface area contributed by atoms with Crippen molar-refractivity contribution in [2.75, 3.05) is 24.5 Å². The number of hydrogen-bond donors (Lipinski definition) is 0. The Labute approximate surface area is 181 Å². The van der Waals surface area contributed by atoms with E-state index in [4.69, 9.17) is 0 Å². The molecule has 0 N–H and O–H groups in total. The van der Waals surface area contributed by atoms with E-state index in [1.54, 1.807) is 37.7 Å². The predicted molar refractivity (Wildman–Crippen MR) is 123 cm³/mol. The molecule has 6 aliphatic rings. The SMILES string of the molecule is c1ccc(N2c3ccccc3C3CN(CC4C5CC6CC(C5)CC4C6)CCC32)cc1. The van der Waals surface area contributed by atoms with Gasteiger partial charge < -0.3 is 9.80 Å². The summed E-state index contributed by atoms with van der Waals surface area (Å²) in [6.45, 7) is 3.92. The van der Waals surface area contributed by atoms with Gasteiger partial charge in [0.05, 0.1) is 0 Å². The van der Waals surface area contributed by atoms with E-state index in [1.807, 2.05) is 0 Å². The molecule has 0 spiro atoms. The lowest BCUT2D eigenvalue weighted by Gasteiger charge is -2.55. The van der Waals surface area contributed by atoms with E-state index >= 15 is 0 Å². The normalized spacial score (nSPS) is 39.2. The second-order valence-electron chi connectivity index (χ2n) is 11.1. The molecule has 2 aliphatic heterocycles. The van der Waals surface area contributed by atoms with E-state index < -0.39 is 0 Å². The Kier molecular flexibility index (Phi) is 4.07. The summed E-state index contributed by atoms with van der Waals surface area (Å²) < 4.78 is 0. The van der Waals surface area contributed by atoms with Crippen molar-refractivity contribution in [3.63, 3.8) is 0 Å². The molecule has 0 amide bonds. The van der Waals surface area contributed by atoms with Gasteiger partial charge in [-0.1, -0.05) is 36.4 Å². The molecule has 4 saturated carbocycles. The number of anilines is 2. The van der Waals surface area contributed by atoms with Crippen molar-refractivity contribution in [3.05, 3.63) is 60.2 Å². The topological polar surface area (TPSA) is 6.48 Å². The Morgan fingerprint density at radius 1 is 0.767 bits per heavy atom. The molecule has 0 radical (unpaired) electrons. The van der Waals surface area contributed by atoms with Crippen molar-refractivity contribution in [2.45, 2.75) is 50.5 Å². The van der Waals surface area contributed by atoms with Crippen molar-refractivity contribution >= 4 is 11.4 Å². The number of hydrogen-bond acceptors (Lipinski definition) is 2. The van der Waals surface area contributed by atoms with E-state index in [9.17, 15) is 0 Å². The minimum absolute atomic E-state index is 0.625. The first-order valence-electron chi connectivity index (χ1n) is 12.5. The Bertz CT molecular complexity index is 893. The van der Waals surface area contributed by atoms with Crippen LogP contribution in [0, 0.1) is 29.6 Å². The summed E-state index contributed by atoms with van der Waals surface area (Å²) >= 11 is 0. The fourth-order valence-electron chi connectivity index (χ4n) is 8.54. The van der Waals surface area contributed by atoms with Crippen LogP contribution in [0.15, 0.2) is 54.6 Å². The van der Waals surface area contributed by atoms with Crippen molar-refractivity contribution in [1.29, 1.82) is 0 Å². The molecule has 0 aromatic heterocycles. The lowest BCUT2D eigenvalue weighted by atomic mass is 9.52. The van der Waals surface area contributed by atoms with Gasteiger partial charge in [0.25, 0.3) is 0 Å². The Morgan fingerprint density at radius 2 is 1.47 bits per heavy atom. The molecule has 2 heteroatoms. The van der Waals surface area contributed by atoms with Crippen LogP contribution in [0.25, 0.3) is 0 Å². The van der Waals surface area contributed by atoms with Crippen LogP contribution in [-0.4, -0.2) is 30.6 Å². The van der Waals surface area contributed by atoms with Crippen LogP contribution >= 0.6 is 0 Å². The summed E-state index contributed by atoms with van der Waals surface area (Å²) in [4.78, 5) is 5.53. The van der Waals surface area contributed by atoms with E-state index in [0.29, 0.717) is 12.0 Å². The third-order valence-electron chi connectivity index (χ3n) is 9.51. The molecule has 2 nitrogen and oxygen atoms in total. The minimum Gasteiger partial charge on any atom is -0.337 e. The van der Waals surface area contributed by atoms with Gasteiger partial charge in [-0.25, -0.2) is 0 Å². The summed E-state index contributed by atoms with van der Waals surface area (Å²) in [5.74, 6) is 5.95. The van der Waals surface area contributed by atoms with Gasteiger partial charge in [-0.3, -0.25) is 0 Å². The molecule has 2 heterocycles. The van der Waals surface area contributed by atoms with Crippen LogP contribution in [0.5, 0.6) is 0 Å². The zero-order valence-corrected chi connectivity index (χ0v) is 18.0. The van der Waals surface area contributed by atoms with Crippen molar-refractivity contribution in [2.24, 2.45) is 29.6 Å². The van der Waals surface area contributed by atoms with Gasteiger partial charge in [-0.2, -0.15) is 0 Å². The molecule has 30 heavy (non-hydrogen) atoms. The lowest BCUT2D eigenvalue weighted by molar-refractivity contribution is -0.0515. The second-order valence-corrected chi connectivity index (χ2v) is 11.1. The maximum atomic E-state index is 2.87. The average molecular weight is 399 g/mol. The lowest BCUT2D eigenvalue weighted by Crippen LogP contribution is -2.52. The van der Waals surface area contributed by atoms with Gasteiger partial charge in [0.1, 0.15) is 0 Å². The van der Waals surface area contributed by atoms with Gasteiger partial charge in [0.15, 0.2) is 0 Å². The average Bonchev–Trinajstić information content (AvgIpc) is 3.10. The molecule has 8 rings (SSSR count). The minimum atomic E-state index is 0.625.